The van der Waals surface area contributed by atoms with Gasteiger partial charge in [0.2, 0.25) is 0 Å². The van der Waals surface area contributed by atoms with Gasteiger partial charge in [-0.15, -0.1) is 24.0 Å². The number of rotatable bonds is 11. The van der Waals surface area contributed by atoms with Gasteiger partial charge in [-0.1, -0.05) is 27.2 Å². The highest BCUT2D eigenvalue weighted by atomic mass is 127. The Balaban J connectivity index is 0.00000625. The molecule has 0 fully saturated rings. The third-order valence-electron chi connectivity index (χ3n) is 3.94. The van der Waals surface area contributed by atoms with Crippen molar-refractivity contribution in [2.45, 2.75) is 59.4 Å². The molecule has 1 aromatic rings. The van der Waals surface area contributed by atoms with E-state index in [1.165, 1.54) is 12.0 Å². The average Bonchev–Trinajstić information content (AvgIpc) is 2.93. The van der Waals surface area contributed by atoms with Crippen LogP contribution in [0.15, 0.2) is 11.2 Å². The molecule has 1 rings (SSSR count). The molecule has 0 spiro atoms. The third kappa shape index (κ3) is 9.21. The van der Waals surface area contributed by atoms with E-state index in [9.17, 15) is 0 Å². The first-order valence-corrected chi connectivity index (χ1v) is 9.59. The second-order valence-electron chi connectivity index (χ2n) is 6.78. The Morgan fingerprint density at radius 1 is 1.31 bits per heavy atom. The van der Waals surface area contributed by atoms with Gasteiger partial charge in [-0.25, -0.2) is 0 Å². The molecule has 0 saturated heterocycles. The highest BCUT2D eigenvalue weighted by molar-refractivity contribution is 14.0. The molecular formula is C19H38IN5O. The topological polar surface area (TPSA) is 54.7 Å². The van der Waals surface area contributed by atoms with Crippen LogP contribution in [0.2, 0.25) is 0 Å². The monoisotopic (exact) mass is 479 g/mol. The quantitative estimate of drug-likeness (QED) is 0.227. The number of aliphatic imine (C=N–C) groups is 1. The van der Waals surface area contributed by atoms with Gasteiger partial charge in [0.15, 0.2) is 5.96 Å². The summed E-state index contributed by atoms with van der Waals surface area (Å²) in [5, 5.41) is 7.97. The zero-order chi connectivity index (χ0) is 18.7. The minimum atomic E-state index is 0. The van der Waals surface area contributed by atoms with Gasteiger partial charge < -0.3 is 15.0 Å². The Morgan fingerprint density at radius 2 is 2.00 bits per heavy atom. The van der Waals surface area contributed by atoms with E-state index >= 15 is 0 Å². The lowest BCUT2D eigenvalue weighted by molar-refractivity contribution is 0.130. The summed E-state index contributed by atoms with van der Waals surface area (Å²) in [5.41, 5.74) is 2.42. The molecule has 0 unspecified atom stereocenters. The van der Waals surface area contributed by atoms with Crippen LogP contribution < -0.4 is 5.32 Å². The van der Waals surface area contributed by atoms with Crippen molar-refractivity contribution in [3.8, 4) is 0 Å². The molecule has 1 N–H and O–H groups in total. The number of unbranched alkanes of at least 4 members (excludes halogenated alkanes) is 1. The van der Waals surface area contributed by atoms with Crippen LogP contribution >= 0.6 is 24.0 Å². The standard InChI is InChI=1S/C19H37N5O.HI/c1-7-9-12-25-13-10-11-21-19(20-8-2)23(5)14-17-15-24(6)22-18(17)16(3)4;/h15-16H,7-14H2,1-6H3,(H,20,21);1H. The number of nitrogens with zero attached hydrogens (tertiary/aromatic N) is 4. The number of aromatic nitrogens is 2. The Morgan fingerprint density at radius 3 is 2.62 bits per heavy atom. The molecule has 0 aliphatic carbocycles. The second-order valence-corrected chi connectivity index (χ2v) is 6.78. The van der Waals surface area contributed by atoms with Gasteiger partial charge in [0.1, 0.15) is 0 Å². The predicted molar refractivity (Wildman–Crippen MR) is 121 cm³/mol. The molecule has 0 radical (unpaired) electrons. The van der Waals surface area contributed by atoms with E-state index in [1.54, 1.807) is 0 Å². The average molecular weight is 479 g/mol. The van der Waals surface area contributed by atoms with Crippen molar-refractivity contribution in [1.82, 2.24) is 20.0 Å². The van der Waals surface area contributed by atoms with Crippen molar-refractivity contribution in [2.75, 3.05) is 33.4 Å². The first-order chi connectivity index (χ1) is 12.0. The first-order valence-electron chi connectivity index (χ1n) is 9.59. The minimum absolute atomic E-state index is 0. The highest BCUT2D eigenvalue weighted by Gasteiger charge is 2.14. The van der Waals surface area contributed by atoms with Gasteiger partial charge >= 0.3 is 0 Å². The number of aryl methyl sites for hydroxylation is 1. The van der Waals surface area contributed by atoms with Crippen molar-refractivity contribution >= 4 is 29.9 Å². The maximum absolute atomic E-state index is 5.60. The zero-order valence-electron chi connectivity index (χ0n) is 17.4. The van der Waals surface area contributed by atoms with Crippen LogP contribution in [0, 0.1) is 0 Å². The summed E-state index contributed by atoms with van der Waals surface area (Å²) in [6.45, 7) is 12.7. The molecule has 26 heavy (non-hydrogen) atoms. The number of halogens is 1. The molecule has 0 aliphatic rings. The number of ether oxygens (including phenoxy) is 1. The lowest BCUT2D eigenvalue weighted by Crippen LogP contribution is -2.38. The molecule has 152 valence electrons. The molecular weight excluding hydrogens is 441 g/mol. The van der Waals surface area contributed by atoms with Crippen molar-refractivity contribution in [1.29, 1.82) is 0 Å². The molecule has 0 aromatic carbocycles. The van der Waals surface area contributed by atoms with E-state index in [2.05, 4.69) is 56.3 Å². The van der Waals surface area contributed by atoms with Crippen LogP contribution in [-0.2, 0) is 18.3 Å². The maximum Gasteiger partial charge on any atom is 0.193 e. The summed E-state index contributed by atoms with van der Waals surface area (Å²) in [4.78, 5) is 6.90. The lowest BCUT2D eigenvalue weighted by atomic mass is 10.1. The summed E-state index contributed by atoms with van der Waals surface area (Å²) >= 11 is 0. The fraction of sp³-hybridized carbons (Fsp3) is 0.789. The summed E-state index contributed by atoms with van der Waals surface area (Å²) in [7, 11) is 4.06. The fourth-order valence-corrected chi connectivity index (χ4v) is 2.66. The van der Waals surface area contributed by atoms with Crippen LogP contribution in [0.4, 0.5) is 0 Å². The molecule has 0 saturated carbocycles. The third-order valence-corrected chi connectivity index (χ3v) is 3.94. The van der Waals surface area contributed by atoms with Gasteiger partial charge in [0.05, 0.1) is 5.69 Å². The number of hydrogen-bond donors (Lipinski definition) is 1. The summed E-state index contributed by atoms with van der Waals surface area (Å²) < 4.78 is 7.50. The van der Waals surface area contributed by atoms with Crippen molar-refractivity contribution in [2.24, 2.45) is 12.0 Å². The highest BCUT2D eigenvalue weighted by Crippen LogP contribution is 2.18. The molecule has 0 amide bonds. The van der Waals surface area contributed by atoms with E-state index in [-0.39, 0.29) is 24.0 Å². The zero-order valence-corrected chi connectivity index (χ0v) is 19.7. The van der Waals surface area contributed by atoms with E-state index in [0.29, 0.717) is 5.92 Å². The molecule has 6 nitrogen and oxygen atoms in total. The van der Waals surface area contributed by atoms with Crippen LogP contribution in [0.3, 0.4) is 0 Å². The van der Waals surface area contributed by atoms with Gasteiger partial charge in [0, 0.05) is 58.7 Å². The smallest absolute Gasteiger partial charge is 0.193 e. The van der Waals surface area contributed by atoms with Gasteiger partial charge in [0.25, 0.3) is 0 Å². The summed E-state index contributed by atoms with van der Waals surface area (Å²) in [6.07, 6.45) is 5.38. The fourth-order valence-electron chi connectivity index (χ4n) is 2.66. The normalized spacial score (nSPS) is 11.6. The Hall–Kier alpha value is -0.830. The van der Waals surface area contributed by atoms with Crippen molar-refractivity contribution in [3.05, 3.63) is 17.5 Å². The molecule has 0 aliphatic heterocycles. The molecule has 1 heterocycles. The van der Waals surface area contributed by atoms with Gasteiger partial charge in [-0.05, 0) is 25.7 Å². The van der Waals surface area contributed by atoms with E-state index in [1.807, 2.05) is 11.7 Å². The number of hydrogen-bond acceptors (Lipinski definition) is 3. The molecule has 7 heteroatoms. The molecule has 0 bridgehead atoms. The Kier molecular flexibility index (Phi) is 13.8. The first kappa shape index (κ1) is 25.2. The number of guanidine groups is 1. The van der Waals surface area contributed by atoms with Crippen molar-refractivity contribution in [3.63, 3.8) is 0 Å². The minimum Gasteiger partial charge on any atom is -0.381 e. The predicted octanol–water partition coefficient (Wildman–Crippen LogP) is 3.77. The van der Waals surface area contributed by atoms with E-state index in [0.717, 1.165) is 57.3 Å². The number of nitrogens with one attached hydrogen (secondary N) is 1. The van der Waals surface area contributed by atoms with Crippen LogP contribution in [0.25, 0.3) is 0 Å². The Bertz CT molecular complexity index is 516. The summed E-state index contributed by atoms with van der Waals surface area (Å²) in [5.74, 6) is 1.36. The second kappa shape index (κ2) is 14.3. The van der Waals surface area contributed by atoms with Crippen LogP contribution in [-0.4, -0.2) is 54.0 Å². The van der Waals surface area contributed by atoms with Crippen LogP contribution in [0.5, 0.6) is 0 Å². The molecule has 1 aromatic heterocycles. The van der Waals surface area contributed by atoms with E-state index in [4.69, 9.17) is 9.73 Å². The lowest BCUT2D eigenvalue weighted by Gasteiger charge is -2.22. The van der Waals surface area contributed by atoms with Gasteiger partial charge in [-0.2, -0.15) is 5.10 Å². The van der Waals surface area contributed by atoms with Crippen LogP contribution in [0.1, 0.15) is 64.1 Å². The SMILES string of the molecule is CCCCOCCCN=C(NCC)N(C)Cc1cn(C)nc1C(C)C.I. The van der Waals surface area contributed by atoms with E-state index < -0.39 is 0 Å². The summed E-state index contributed by atoms with van der Waals surface area (Å²) in [6, 6.07) is 0. The van der Waals surface area contributed by atoms with Crippen molar-refractivity contribution < 1.29 is 4.74 Å². The maximum atomic E-state index is 5.60. The largest absolute Gasteiger partial charge is 0.381 e. The molecule has 0 atom stereocenters. The Labute approximate surface area is 176 Å². The van der Waals surface area contributed by atoms with Gasteiger partial charge in [-0.3, -0.25) is 9.67 Å².